The van der Waals surface area contributed by atoms with Crippen molar-refractivity contribution in [3.63, 3.8) is 0 Å². The number of rotatable bonds is 47. The number of unbranched alkanes of at least 4 members (excludes halogenated alkanes) is 17. The van der Waals surface area contributed by atoms with Gasteiger partial charge in [0, 0.05) is 13.0 Å². The van der Waals surface area contributed by atoms with Crippen LogP contribution in [0.3, 0.4) is 0 Å². The molecule has 77 heavy (non-hydrogen) atoms. The highest BCUT2D eigenvalue weighted by molar-refractivity contribution is 5.69. The van der Waals surface area contributed by atoms with Crippen LogP contribution in [0.25, 0.3) is 0 Å². The first-order valence-electron chi connectivity index (χ1n) is 29.8. The molecule has 2 aliphatic heterocycles. The third kappa shape index (κ3) is 35.3. The van der Waals surface area contributed by atoms with Crippen LogP contribution >= 0.6 is 0 Å². The normalized spacial score (nSPS) is 25.0. The van der Waals surface area contributed by atoms with Crippen LogP contribution in [0.2, 0.25) is 0 Å². The lowest BCUT2D eigenvalue weighted by Gasteiger charge is -2.42. The highest BCUT2D eigenvalue weighted by Gasteiger charge is 2.47. The summed E-state index contributed by atoms with van der Waals surface area (Å²) in [7, 11) is 0. The molecule has 0 spiro atoms. The number of aliphatic hydroxyl groups is 7. The van der Waals surface area contributed by atoms with Crippen LogP contribution in [0, 0.1) is 0 Å². The molecule has 2 fully saturated rings. The summed E-state index contributed by atoms with van der Waals surface area (Å²) in [4.78, 5) is 13.1. The van der Waals surface area contributed by atoms with Gasteiger partial charge in [0.05, 0.1) is 26.4 Å². The van der Waals surface area contributed by atoms with Gasteiger partial charge in [-0.2, -0.15) is 0 Å². The zero-order valence-electron chi connectivity index (χ0n) is 47.4. The minimum Gasteiger partial charge on any atom is -0.457 e. The smallest absolute Gasteiger partial charge is 0.306 e. The molecule has 2 rings (SSSR count). The lowest BCUT2D eigenvalue weighted by atomic mass is 9.98. The van der Waals surface area contributed by atoms with Crippen LogP contribution in [-0.4, -0.2) is 142 Å². The fourth-order valence-electron chi connectivity index (χ4n) is 8.79. The third-order valence-corrected chi connectivity index (χ3v) is 13.6. The molecular weight excluding hydrogens is 981 g/mol. The van der Waals surface area contributed by atoms with Gasteiger partial charge >= 0.3 is 5.97 Å². The highest BCUT2D eigenvalue weighted by atomic mass is 16.7. The van der Waals surface area contributed by atoms with Gasteiger partial charge in [-0.1, -0.05) is 188 Å². The summed E-state index contributed by atoms with van der Waals surface area (Å²) in [6.45, 7) is 3.47. The van der Waals surface area contributed by atoms with Gasteiger partial charge in [-0.25, -0.2) is 0 Å². The number of aliphatic hydroxyl groups excluding tert-OH is 7. The van der Waals surface area contributed by atoms with Crippen LogP contribution in [0.5, 0.6) is 0 Å². The molecule has 14 nitrogen and oxygen atoms in total. The van der Waals surface area contributed by atoms with Crippen LogP contribution < -0.4 is 0 Å². The average Bonchev–Trinajstić information content (AvgIpc) is 3.43. The monoisotopic (exact) mass is 1090 g/mol. The van der Waals surface area contributed by atoms with Crippen LogP contribution in [0.4, 0.5) is 0 Å². The van der Waals surface area contributed by atoms with Gasteiger partial charge in [-0.15, -0.1) is 0 Å². The molecule has 0 saturated carbocycles. The van der Waals surface area contributed by atoms with Gasteiger partial charge in [-0.3, -0.25) is 4.79 Å². The quantitative estimate of drug-likeness (QED) is 0.0172. The number of carbonyl (C=O) groups excluding carboxylic acids is 1. The summed E-state index contributed by atoms with van der Waals surface area (Å²) in [6.07, 6.45) is 48.9. The van der Waals surface area contributed by atoms with Crippen LogP contribution in [0.1, 0.15) is 194 Å². The molecular formula is C63H106O14. The Morgan fingerprint density at radius 2 is 0.844 bits per heavy atom. The van der Waals surface area contributed by atoms with Gasteiger partial charge in [0.2, 0.25) is 0 Å². The van der Waals surface area contributed by atoms with Gasteiger partial charge in [0.1, 0.15) is 54.9 Å². The van der Waals surface area contributed by atoms with E-state index in [2.05, 4.69) is 111 Å². The van der Waals surface area contributed by atoms with Crippen molar-refractivity contribution in [3.8, 4) is 0 Å². The number of carbonyl (C=O) groups is 1. The minimum atomic E-state index is -1.72. The predicted octanol–water partition coefficient (Wildman–Crippen LogP) is 11.0. The Bertz CT molecular complexity index is 1640. The van der Waals surface area contributed by atoms with E-state index in [1.54, 1.807) is 0 Å². The van der Waals surface area contributed by atoms with Gasteiger partial charge in [-0.05, 0) is 96.3 Å². The Labute approximate surface area is 464 Å². The molecule has 442 valence electrons. The molecule has 0 aromatic carbocycles. The van der Waals surface area contributed by atoms with E-state index in [0.29, 0.717) is 13.0 Å². The first kappa shape index (κ1) is 70.0. The van der Waals surface area contributed by atoms with E-state index in [1.165, 1.54) is 70.6 Å². The van der Waals surface area contributed by atoms with E-state index in [9.17, 15) is 40.5 Å². The lowest BCUT2D eigenvalue weighted by Crippen LogP contribution is -2.61. The Morgan fingerprint density at radius 3 is 1.32 bits per heavy atom. The fraction of sp³-hybridized carbons (Fsp3) is 0.730. The van der Waals surface area contributed by atoms with Crippen molar-refractivity contribution in [3.05, 3.63) is 97.2 Å². The number of hydrogen-bond donors (Lipinski definition) is 7. The Morgan fingerprint density at radius 1 is 0.442 bits per heavy atom. The SMILES string of the molecule is CC/C=C\C/C=C\C/C=C\C/C=C\C/C=C\C/C=C\CCCCCOCC(COC1OC(COC2OC(CO)C(O)C(O)C2O)C(O)C(O)C1O)OC(=O)CCCCCCCCCCC/C=C\C/C=C\CCCCCCC. The summed E-state index contributed by atoms with van der Waals surface area (Å²) in [6, 6.07) is 0. The molecule has 11 atom stereocenters. The van der Waals surface area contributed by atoms with Gasteiger partial charge in [0.25, 0.3) is 0 Å². The average molecular weight is 1090 g/mol. The first-order valence-corrected chi connectivity index (χ1v) is 29.8. The first-order chi connectivity index (χ1) is 37.6. The summed E-state index contributed by atoms with van der Waals surface area (Å²) in [5.74, 6) is -0.396. The molecule has 0 aromatic heterocycles. The summed E-state index contributed by atoms with van der Waals surface area (Å²) >= 11 is 0. The standard InChI is InChI=1S/C63H106O14/c1-3-5-7-9-11-13-15-17-19-21-23-25-27-29-31-33-35-37-39-41-43-45-47-72-49-52(50-73-62-61(71)59(69)57(67)54(77-62)51-74-63-60(70)58(68)56(66)53(48-64)76-63)75-55(65)46-44-42-40-38-36-34-32-30-28-26-24-22-20-18-16-14-12-10-8-6-4-2/h5,7,11,13,16-19,22-25,29,31,35,37,52-54,56-64,66-71H,3-4,6,8-10,12,14-15,20-21,26-28,30,32-34,36,38-51H2,1-2H3/b7-5-,13-11-,18-16-,19-17-,24-22-,25-23-,31-29-,37-35-. The second-order valence-corrected chi connectivity index (χ2v) is 20.4. The van der Waals surface area contributed by atoms with Crippen molar-refractivity contribution in [2.24, 2.45) is 0 Å². The maximum Gasteiger partial charge on any atom is 0.306 e. The summed E-state index contributed by atoms with van der Waals surface area (Å²) in [5.41, 5.74) is 0. The van der Waals surface area contributed by atoms with Crippen molar-refractivity contribution in [2.75, 3.05) is 33.0 Å². The predicted molar refractivity (Wildman–Crippen MR) is 307 cm³/mol. The fourth-order valence-corrected chi connectivity index (χ4v) is 8.79. The Hall–Kier alpha value is -3.09. The van der Waals surface area contributed by atoms with E-state index in [-0.39, 0.29) is 19.6 Å². The molecule has 14 heteroatoms. The Balaban J connectivity index is 1.74. The zero-order valence-corrected chi connectivity index (χ0v) is 47.4. The number of allylic oxidation sites excluding steroid dienone is 16. The highest BCUT2D eigenvalue weighted by Crippen LogP contribution is 2.26. The topological polar surface area (TPSA) is 214 Å². The molecule has 7 N–H and O–H groups in total. The molecule has 2 saturated heterocycles. The van der Waals surface area contributed by atoms with Crippen LogP contribution in [-0.2, 0) is 33.2 Å². The van der Waals surface area contributed by atoms with Crippen LogP contribution in [0.15, 0.2) is 97.2 Å². The van der Waals surface area contributed by atoms with E-state index in [4.69, 9.17) is 28.4 Å². The zero-order chi connectivity index (χ0) is 55.8. The maximum atomic E-state index is 13.1. The molecule has 2 aliphatic rings. The Kier molecular flexibility index (Phi) is 44.4. The van der Waals surface area contributed by atoms with E-state index >= 15 is 0 Å². The molecule has 0 radical (unpaired) electrons. The van der Waals surface area contributed by atoms with Crippen molar-refractivity contribution in [1.29, 1.82) is 0 Å². The van der Waals surface area contributed by atoms with Crippen molar-refractivity contribution < 1.29 is 69.0 Å². The van der Waals surface area contributed by atoms with Crippen molar-refractivity contribution in [2.45, 2.75) is 261 Å². The third-order valence-electron chi connectivity index (χ3n) is 13.6. The maximum absolute atomic E-state index is 13.1. The molecule has 2 heterocycles. The molecule has 0 amide bonds. The largest absolute Gasteiger partial charge is 0.457 e. The van der Waals surface area contributed by atoms with Crippen molar-refractivity contribution >= 4 is 5.97 Å². The number of ether oxygens (including phenoxy) is 6. The molecule has 11 unspecified atom stereocenters. The molecule has 0 bridgehead atoms. The number of esters is 1. The van der Waals surface area contributed by atoms with Gasteiger partial charge < -0.3 is 64.2 Å². The molecule has 0 aliphatic carbocycles. The van der Waals surface area contributed by atoms with E-state index < -0.39 is 86.7 Å². The minimum absolute atomic E-state index is 0.0312. The summed E-state index contributed by atoms with van der Waals surface area (Å²) < 4.78 is 34.4. The van der Waals surface area contributed by atoms with Gasteiger partial charge in [0.15, 0.2) is 12.6 Å². The molecule has 0 aromatic rings. The number of hydrogen-bond acceptors (Lipinski definition) is 14. The van der Waals surface area contributed by atoms with Crippen molar-refractivity contribution in [1.82, 2.24) is 0 Å². The lowest BCUT2D eigenvalue weighted by molar-refractivity contribution is -0.332. The second-order valence-electron chi connectivity index (χ2n) is 20.4. The summed E-state index contributed by atoms with van der Waals surface area (Å²) in [5, 5.41) is 72.4. The van der Waals surface area contributed by atoms with E-state index in [0.717, 1.165) is 96.3 Å². The van der Waals surface area contributed by atoms with E-state index in [1.807, 2.05) is 0 Å². The second kappa shape index (κ2) is 48.8.